The van der Waals surface area contributed by atoms with Crippen LogP contribution in [0, 0.1) is 6.20 Å². The van der Waals surface area contributed by atoms with E-state index in [1.165, 1.54) is 36.3 Å². The summed E-state index contributed by atoms with van der Waals surface area (Å²) in [4.78, 5) is 6.83. The van der Waals surface area contributed by atoms with Crippen LogP contribution in [-0.4, -0.2) is 9.38 Å². The number of rotatable bonds is 0. The van der Waals surface area contributed by atoms with Gasteiger partial charge in [-0.3, -0.25) is 4.40 Å². The van der Waals surface area contributed by atoms with Crippen molar-refractivity contribution in [2.45, 2.75) is 25.7 Å². The summed E-state index contributed by atoms with van der Waals surface area (Å²) in [6, 6.07) is 0. The second kappa shape index (κ2) is 2.33. The van der Waals surface area contributed by atoms with E-state index in [1.54, 1.807) is 0 Å². The molecule has 0 aliphatic heterocycles. The fraction of sp³-hybridized carbons (Fsp3) is 0.444. The molecule has 0 unspecified atom stereocenters. The average Bonchev–Trinajstić information content (AvgIpc) is 2.62. The summed E-state index contributed by atoms with van der Waals surface area (Å²) in [6.45, 7) is 0. The Labute approximate surface area is 74.9 Å². The predicted octanol–water partition coefficient (Wildman–Crippen LogP) is 2.07. The number of imidazole rings is 1. The van der Waals surface area contributed by atoms with Gasteiger partial charge in [0.1, 0.15) is 6.20 Å². The van der Waals surface area contributed by atoms with Gasteiger partial charge in [-0.25, -0.2) is 4.98 Å². The van der Waals surface area contributed by atoms with Gasteiger partial charge < -0.3 is 0 Å². The molecule has 2 aromatic rings. The molecule has 2 heterocycles. The summed E-state index contributed by atoms with van der Waals surface area (Å²) in [7, 11) is 0. The summed E-state index contributed by atoms with van der Waals surface area (Å²) in [6.07, 6.45) is 10.00. The van der Waals surface area contributed by atoms with Crippen molar-refractivity contribution in [3.05, 3.63) is 23.0 Å². The largest absolute Gasteiger partial charge is 0.294 e. The Morgan fingerprint density at radius 2 is 2.33 bits per heavy atom. The first-order valence-electron chi connectivity index (χ1n) is 4.31. The van der Waals surface area contributed by atoms with Crippen LogP contribution in [0.3, 0.4) is 0 Å². The van der Waals surface area contributed by atoms with E-state index in [0.29, 0.717) is 0 Å². The van der Waals surface area contributed by atoms with E-state index in [0.717, 1.165) is 4.96 Å². The number of aryl methyl sites for hydroxylation is 2. The highest BCUT2D eigenvalue weighted by Crippen LogP contribution is 2.28. The molecule has 0 spiro atoms. The van der Waals surface area contributed by atoms with Crippen molar-refractivity contribution < 1.29 is 0 Å². The number of nitrogens with zero attached hydrogens (tertiary/aromatic N) is 2. The molecule has 2 aromatic heterocycles. The predicted molar refractivity (Wildman–Crippen MR) is 48.5 cm³/mol. The SMILES string of the molecule is [c]1cn2c3c(sc2n1)CCCC3. The smallest absolute Gasteiger partial charge is 0.194 e. The molecule has 0 amide bonds. The van der Waals surface area contributed by atoms with Crippen molar-refractivity contribution in [1.82, 2.24) is 9.38 Å². The number of hydrogen-bond acceptors (Lipinski definition) is 2. The van der Waals surface area contributed by atoms with Crippen LogP contribution in [0.2, 0.25) is 0 Å². The Hall–Kier alpha value is -0.830. The molecular weight excluding hydrogens is 168 g/mol. The molecule has 0 atom stereocenters. The van der Waals surface area contributed by atoms with E-state index in [1.807, 2.05) is 17.5 Å². The van der Waals surface area contributed by atoms with Crippen LogP contribution in [-0.2, 0) is 12.8 Å². The van der Waals surface area contributed by atoms with Gasteiger partial charge in [-0.15, -0.1) is 11.3 Å². The topological polar surface area (TPSA) is 17.3 Å². The summed E-state index contributed by atoms with van der Waals surface area (Å²) < 4.78 is 2.19. The summed E-state index contributed by atoms with van der Waals surface area (Å²) in [5.41, 5.74) is 1.48. The fourth-order valence-corrected chi connectivity index (χ4v) is 3.00. The number of hydrogen-bond donors (Lipinski definition) is 0. The van der Waals surface area contributed by atoms with E-state index in [4.69, 9.17) is 0 Å². The molecule has 0 saturated heterocycles. The lowest BCUT2D eigenvalue weighted by Crippen LogP contribution is -2.01. The molecule has 61 valence electrons. The lowest BCUT2D eigenvalue weighted by molar-refractivity contribution is 0.674. The molecule has 3 heteroatoms. The summed E-state index contributed by atoms with van der Waals surface area (Å²) >= 11 is 1.83. The normalized spacial score (nSPS) is 16.7. The molecule has 1 aliphatic rings. The van der Waals surface area contributed by atoms with Crippen LogP contribution in [0.1, 0.15) is 23.4 Å². The van der Waals surface area contributed by atoms with Crippen LogP contribution >= 0.6 is 11.3 Å². The van der Waals surface area contributed by atoms with E-state index >= 15 is 0 Å². The van der Waals surface area contributed by atoms with Gasteiger partial charge in [-0.05, 0) is 25.7 Å². The van der Waals surface area contributed by atoms with Gasteiger partial charge >= 0.3 is 0 Å². The average molecular weight is 177 g/mol. The molecular formula is C9H9N2S. The summed E-state index contributed by atoms with van der Waals surface area (Å²) in [5, 5.41) is 0. The van der Waals surface area contributed by atoms with Crippen molar-refractivity contribution in [3.63, 3.8) is 0 Å². The Morgan fingerprint density at radius 3 is 3.33 bits per heavy atom. The van der Waals surface area contributed by atoms with E-state index < -0.39 is 0 Å². The minimum atomic E-state index is 1.11. The Bertz CT molecular complexity index is 413. The standard InChI is InChI=1S/C9H9N2S/c1-2-4-8-7(3-1)11-6-5-10-9(11)12-8/h6H,1-4H2. The van der Waals surface area contributed by atoms with E-state index in [-0.39, 0.29) is 0 Å². The zero-order chi connectivity index (χ0) is 7.97. The quantitative estimate of drug-likeness (QED) is 0.602. The van der Waals surface area contributed by atoms with Crippen molar-refractivity contribution >= 4 is 16.3 Å². The van der Waals surface area contributed by atoms with Gasteiger partial charge in [0.15, 0.2) is 4.96 Å². The maximum absolute atomic E-state index is 4.18. The van der Waals surface area contributed by atoms with Gasteiger partial charge in [0.25, 0.3) is 0 Å². The molecule has 0 saturated carbocycles. The lowest BCUT2D eigenvalue weighted by atomic mass is 10.0. The van der Waals surface area contributed by atoms with E-state index in [9.17, 15) is 0 Å². The maximum Gasteiger partial charge on any atom is 0.194 e. The molecule has 0 bridgehead atoms. The van der Waals surface area contributed by atoms with Crippen LogP contribution in [0.25, 0.3) is 4.96 Å². The molecule has 1 radical (unpaired) electrons. The minimum absolute atomic E-state index is 1.11. The van der Waals surface area contributed by atoms with Crippen LogP contribution in [0.4, 0.5) is 0 Å². The van der Waals surface area contributed by atoms with E-state index in [2.05, 4.69) is 15.6 Å². The Morgan fingerprint density at radius 1 is 1.42 bits per heavy atom. The second-order valence-electron chi connectivity index (χ2n) is 3.20. The summed E-state index contributed by atoms with van der Waals surface area (Å²) in [5.74, 6) is 0. The monoisotopic (exact) mass is 177 g/mol. The van der Waals surface area contributed by atoms with Crippen molar-refractivity contribution in [2.24, 2.45) is 0 Å². The third kappa shape index (κ3) is 0.771. The van der Waals surface area contributed by atoms with Crippen LogP contribution in [0.15, 0.2) is 6.20 Å². The fourth-order valence-electron chi connectivity index (χ4n) is 1.85. The number of aromatic nitrogens is 2. The lowest BCUT2D eigenvalue weighted by Gasteiger charge is -2.09. The van der Waals surface area contributed by atoms with Crippen molar-refractivity contribution in [2.75, 3.05) is 0 Å². The first-order valence-corrected chi connectivity index (χ1v) is 5.12. The van der Waals surface area contributed by atoms with Crippen molar-refractivity contribution in [1.29, 1.82) is 0 Å². The molecule has 0 N–H and O–H groups in total. The Kier molecular flexibility index (Phi) is 1.29. The second-order valence-corrected chi connectivity index (χ2v) is 4.26. The first-order chi connectivity index (χ1) is 5.95. The van der Waals surface area contributed by atoms with Crippen LogP contribution in [0.5, 0.6) is 0 Å². The molecule has 1 aliphatic carbocycles. The van der Waals surface area contributed by atoms with Crippen LogP contribution < -0.4 is 0 Å². The highest BCUT2D eigenvalue weighted by atomic mass is 32.1. The third-order valence-corrected chi connectivity index (χ3v) is 3.60. The molecule has 0 aromatic carbocycles. The van der Waals surface area contributed by atoms with Crippen molar-refractivity contribution in [3.8, 4) is 0 Å². The maximum atomic E-state index is 4.18. The molecule has 3 rings (SSSR count). The van der Waals surface area contributed by atoms with Gasteiger partial charge in [0.2, 0.25) is 0 Å². The molecule has 2 nitrogen and oxygen atoms in total. The zero-order valence-electron chi connectivity index (χ0n) is 6.71. The third-order valence-electron chi connectivity index (χ3n) is 2.45. The highest BCUT2D eigenvalue weighted by molar-refractivity contribution is 7.17. The van der Waals surface area contributed by atoms with Gasteiger partial charge in [-0.2, -0.15) is 0 Å². The molecule has 12 heavy (non-hydrogen) atoms. The zero-order valence-corrected chi connectivity index (χ0v) is 7.52. The Balaban J connectivity index is 2.34. The highest BCUT2D eigenvalue weighted by Gasteiger charge is 2.15. The van der Waals surface area contributed by atoms with Gasteiger partial charge in [-0.1, -0.05) is 0 Å². The van der Waals surface area contributed by atoms with Gasteiger partial charge in [0, 0.05) is 16.8 Å². The minimum Gasteiger partial charge on any atom is -0.294 e. The number of fused-ring (bicyclic) bond motifs is 3. The first kappa shape index (κ1) is 6.66. The number of thiazole rings is 1. The van der Waals surface area contributed by atoms with Gasteiger partial charge in [0.05, 0.1) is 0 Å². The molecule has 0 fully saturated rings.